The van der Waals surface area contributed by atoms with Crippen molar-refractivity contribution >= 4 is 21.9 Å². The average molecular weight is 390 g/mol. The second-order valence-electron chi connectivity index (χ2n) is 5.96. The Morgan fingerprint density at radius 3 is 2.41 bits per heavy atom. The molecule has 2 aromatic carbocycles. The number of sulfonamides is 1. The minimum atomic E-state index is -3.81. The Morgan fingerprint density at radius 2 is 1.78 bits per heavy atom. The number of rotatable bonds is 9. The molecule has 2 rings (SSSR count). The summed E-state index contributed by atoms with van der Waals surface area (Å²) in [5.41, 5.74) is 0.941. The molecule has 0 saturated heterocycles. The Labute approximate surface area is 158 Å². The van der Waals surface area contributed by atoms with Gasteiger partial charge in [0.2, 0.25) is 10.0 Å². The zero-order chi connectivity index (χ0) is 19.9. The van der Waals surface area contributed by atoms with Crippen LogP contribution in [0.3, 0.4) is 0 Å². The van der Waals surface area contributed by atoms with Crippen molar-refractivity contribution in [3.8, 4) is 0 Å². The largest absolute Gasteiger partial charge is 0.480 e. The van der Waals surface area contributed by atoms with Crippen LogP contribution in [0.15, 0.2) is 59.5 Å². The first kappa shape index (κ1) is 20.6. The third-order valence-corrected chi connectivity index (χ3v) is 5.21. The molecule has 0 heterocycles. The van der Waals surface area contributed by atoms with Crippen LogP contribution in [0.4, 0.5) is 0 Å². The fourth-order valence-corrected chi connectivity index (χ4v) is 3.59. The van der Waals surface area contributed by atoms with Gasteiger partial charge in [0.05, 0.1) is 4.90 Å². The molecule has 1 amide bonds. The van der Waals surface area contributed by atoms with Crippen LogP contribution in [0.1, 0.15) is 29.3 Å². The van der Waals surface area contributed by atoms with Crippen LogP contribution >= 0.6 is 0 Å². The van der Waals surface area contributed by atoms with Gasteiger partial charge >= 0.3 is 5.97 Å². The van der Waals surface area contributed by atoms with E-state index in [1.54, 1.807) is 12.1 Å². The summed E-state index contributed by atoms with van der Waals surface area (Å²) in [4.78, 5) is 24.7. The van der Waals surface area contributed by atoms with E-state index in [0.717, 1.165) is 5.56 Å². The number of carboxylic acid groups (broad SMARTS) is 1. The van der Waals surface area contributed by atoms with E-state index in [9.17, 15) is 18.0 Å². The van der Waals surface area contributed by atoms with Gasteiger partial charge in [-0.2, -0.15) is 0 Å². The molecule has 2 aromatic rings. The van der Waals surface area contributed by atoms with Gasteiger partial charge in [-0.25, -0.2) is 13.1 Å². The highest BCUT2D eigenvalue weighted by Crippen LogP contribution is 2.14. The molecule has 0 atom stereocenters. The molecular weight excluding hydrogens is 368 g/mol. The first-order valence-corrected chi connectivity index (χ1v) is 9.96. The fourth-order valence-electron chi connectivity index (χ4n) is 2.52. The zero-order valence-corrected chi connectivity index (χ0v) is 15.8. The van der Waals surface area contributed by atoms with Gasteiger partial charge in [-0.15, -0.1) is 0 Å². The van der Waals surface area contributed by atoms with Gasteiger partial charge in [0.25, 0.3) is 5.91 Å². The molecule has 0 saturated carbocycles. The van der Waals surface area contributed by atoms with E-state index < -0.39 is 28.4 Å². The van der Waals surface area contributed by atoms with Crippen LogP contribution in [-0.4, -0.2) is 43.4 Å². The van der Waals surface area contributed by atoms with Crippen LogP contribution in [0.5, 0.6) is 0 Å². The van der Waals surface area contributed by atoms with Gasteiger partial charge in [-0.1, -0.05) is 43.3 Å². The molecule has 0 spiro atoms. The minimum Gasteiger partial charge on any atom is -0.480 e. The van der Waals surface area contributed by atoms with Crippen molar-refractivity contribution in [2.24, 2.45) is 0 Å². The molecule has 8 heteroatoms. The van der Waals surface area contributed by atoms with E-state index >= 15 is 0 Å². The monoisotopic (exact) mass is 390 g/mol. The third-order valence-electron chi connectivity index (χ3n) is 3.81. The lowest BCUT2D eigenvalue weighted by Crippen LogP contribution is -2.36. The number of carbonyl (C=O) groups is 2. The van der Waals surface area contributed by atoms with Crippen LogP contribution in [0.2, 0.25) is 0 Å². The number of nitrogens with one attached hydrogen (secondary N) is 1. The van der Waals surface area contributed by atoms with Crippen molar-refractivity contribution in [1.82, 2.24) is 9.62 Å². The second-order valence-corrected chi connectivity index (χ2v) is 7.73. The topological polar surface area (TPSA) is 104 Å². The molecule has 2 N–H and O–H groups in total. The summed E-state index contributed by atoms with van der Waals surface area (Å²) in [5.74, 6) is -1.63. The predicted octanol–water partition coefficient (Wildman–Crippen LogP) is 2.10. The fraction of sp³-hybridized carbons (Fsp3) is 0.263. The van der Waals surface area contributed by atoms with Crippen molar-refractivity contribution in [2.45, 2.75) is 24.8 Å². The molecule has 144 valence electrons. The molecule has 0 unspecified atom stereocenters. The Hall–Kier alpha value is -2.71. The first-order chi connectivity index (χ1) is 12.8. The summed E-state index contributed by atoms with van der Waals surface area (Å²) in [6.07, 6.45) is 0.593. The number of carboxylic acids is 1. The highest BCUT2D eigenvalue weighted by molar-refractivity contribution is 7.89. The van der Waals surface area contributed by atoms with E-state index in [2.05, 4.69) is 4.72 Å². The molecular formula is C19H22N2O5S. The molecule has 0 fully saturated rings. The van der Waals surface area contributed by atoms with E-state index in [1.165, 1.54) is 29.2 Å². The lowest BCUT2D eigenvalue weighted by molar-refractivity contribution is -0.137. The van der Waals surface area contributed by atoms with Crippen LogP contribution in [0, 0.1) is 0 Å². The van der Waals surface area contributed by atoms with Gasteiger partial charge in [-0.05, 0) is 30.2 Å². The minimum absolute atomic E-state index is 0.0453. The first-order valence-electron chi connectivity index (χ1n) is 8.48. The average Bonchev–Trinajstić information content (AvgIpc) is 2.66. The number of benzene rings is 2. The number of amides is 1. The summed E-state index contributed by atoms with van der Waals surface area (Å²) in [6, 6.07) is 14.7. The zero-order valence-electron chi connectivity index (χ0n) is 15.0. The number of hydrogen-bond acceptors (Lipinski definition) is 4. The normalized spacial score (nSPS) is 11.1. The van der Waals surface area contributed by atoms with Crippen LogP contribution < -0.4 is 4.72 Å². The highest BCUT2D eigenvalue weighted by Gasteiger charge is 2.20. The van der Waals surface area contributed by atoms with E-state index in [4.69, 9.17) is 5.11 Å². The van der Waals surface area contributed by atoms with Gasteiger partial charge in [-0.3, -0.25) is 9.59 Å². The van der Waals surface area contributed by atoms with Crippen LogP contribution in [0.25, 0.3) is 0 Å². The van der Waals surface area contributed by atoms with Gasteiger partial charge in [0, 0.05) is 18.7 Å². The van der Waals surface area contributed by atoms with Crippen molar-refractivity contribution in [3.63, 3.8) is 0 Å². The van der Waals surface area contributed by atoms with Crippen LogP contribution in [-0.2, 0) is 21.4 Å². The molecule has 0 aliphatic rings. The Bertz CT molecular complexity index is 897. The van der Waals surface area contributed by atoms with Crippen molar-refractivity contribution < 1.29 is 23.1 Å². The van der Waals surface area contributed by atoms with Crippen molar-refractivity contribution in [1.29, 1.82) is 0 Å². The molecule has 0 aromatic heterocycles. The van der Waals surface area contributed by atoms with E-state index in [0.29, 0.717) is 6.42 Å². The lowest BCUT2D eigenvalue weighted by Gasteiger charge is -2.20. The Morgan fingerprint density at radius 1 is 1.07 bits per heavy atom. The number of hydrogen-bond donors (Lipinski definition) is 2. The quantitative estimate of drug-likeness (QED) is 0.682. The summed E-state index contributed by atoms with van der Waals surface area (Å²) in [5, 5.41) is 8.97. The molecule has 0 aliphatic heterocycles. The smallest absolute Gasteiger partial charge is 0.323 e. The Kier molecular flexibility index (Phi) is 7.09. The van der Waals surface area contributed by atoms with Crippen molar-refractivity contribution in [2.75, 3.05) is 13.1 Å². The molecule has 0 aliphatic carbocycles. The SMILES string of the molecule is CCCN(CC(=O)O)C(=O)c1cccc(S(=O)(=O)NCc2ccccc2)c1. The maximum atomic E-state index is 12.6. The molecule has 0 radical (unpaired) electrons. The highest BCUT2D eigenvalue weighted by atomic mass is 32.2. The van der Waals surface area contributed by atoms with Gasteiger partial charge < -0.3 is 10.0 Å². The second kappa shape index (κ2) is 9.29. The maximum absolute atomic E-state index is 12.6. The number of nitrogens with zero attached hydrogens (tertiary/aromatic N) is 1. The molecule has 0 bridgehead atoms. The third kappa shape index (κ3) is 5.90. The van der Waals surface area contributed by atoms with Gasteiger partial charge in [0.1, 0.15) is 6.54 Å². The summed E-state index contributed by atoms with van der Waals surface area (Å²) in [7, 11) is -3.81. The summed E-state index contributed by atoms with van der Waals surface area (Å²) in [6.45, 7) is 1.79. The van der Waals surface area contributed by atoms with E-state index in [1.807, 2.05) is 25.1 Å². The number of carbonyl (C=O) groups excluding carboxylic acids is 1. The summed E-state index contributed by atoms with van der Waals surface area (Å²) < 4.78 is 27.5. The standard InChI is InChI=1S/C19H22N2O5S/c1-2-11-21(14-18(22)23)19(24)16-9-6-10-17(12-16)27(25,26)20-13-15-7-4-3-5-8-15/h3-10,12,20H,2,11,13-14H2,1H3,(H,22,23). The summed E-state index contributed by atoms with van der Waals surface area (Å²) >= 11 is 0. The predicted molar refractivity (Wildman–Crippen MR) is 101 cm³/mol. The molecule has 7 nitrogen and oxygen atoms in total. The number of aliphatic carboxylic acids is 1. The van der Waals surface area contributed by atoms with Gasteiger partial charge in [0.15, 0.2) is 0 Å². The Balaban J connectivity index is 2.19. The lowest BCUT2D eigenvalue weighted by atomic mass is 10.2. The molecule has 27 heavy (non-hydrogen) atoms. The van der Waals surface area contributed by atoms with E-state index in [-0.39, 0.29) is 23.5 Å². The maximum Gasteiger partial charge on any atom is 0.323 e. The van der Waals surface area contributed by atoms with Crippen molar-refractivity contribution in [3.05, 3.63) is 65.7 Å².